The van der Waals surface area contributed by atoms with Gasteiger partial charge in [-0.2, -0.15) is 18.3 Å². The van der Waals surface area contributed by atoms with Crippen LogP contribution in [0.5, 0.6) is 0 Å². The smallest absolute Gasteiger partial charge is 0.352 e. The van der Waals surface area contributed by atoms with Gasteiger partial charge in [0.1, 0.15) is 5.56 Å². The third kappa shape index (κ3) is 3.78. The third-order valence-corrected chi connectivity index (χ3v) is 4.50. The predicted molar refractivity (Wildman–Crippen MR) is 81.4 cm³/mol. The fourth-order valence-corrected chi connectivity index (χ4v) is 3.22. The maximum absolute atomic E-state index is 13.2. The highest BCUT2D eigenvalue weighted by atomic mass is 32.1. The average molecular weight is 343 g/mol. The topological polar surface area (TPSA) is 45.2 Å². The molecule has 5 nitrogen and oxygen atoms in total. The first kappa shape index (κ1) is 16.1. The van der Waals surface area contributed by atoms with E-state index in [1.807, 2.05) is 6.20 Å². The Labute approximate surface area is 135 Å². The minimum Gasteiger partial charge on any atom is -0.352 e. The first-order valence-electron chi connectivity index (χ1n) is 7.19. The molecule has 2 aromatic rings. The molecule has 23 heavy (non-hydrogen) atoms. The van der Waals surface area contributed by atoms with Crippen molar-refractivity contribution in [2.45, 2.75) is 19.6 Å². The van der Waals surface area contributed by atoms with Crippen LogP contribution in [0.15, 0.2) is 17.8 Å². The van der Waals surface area contributed by atoms with Crippen LogP contribution in [0.3, 0.4) is 0 Å². The van der Waals surface area contributed by atoms with E-state index in [2.05, 4.69) is 20.1 Å². The summed E-state index contributed by atoms with van der Waals surface area (Å²) in [7, 11) is 0. The normalized spacial score (nSPS) is 16.8. The van der Waals surface area contributed by atoms with Crippen LogP contribution in [-0.2, 0) is 12.7 Å². The van der Waals surface area contributed by atoms with Gasteiger partial charge in [0.15, 0.2) is 5.82 Å². The molecular formula is C14H16F3N5S. The van der Waals surface area contributed by atoms with Crippen molar-refractivity contribution in [2.75, 3.05) is 31.1 Å². The van der Waals surface area contributed by atoms with Gasteiger partial charge in [-0.05, 0) is 13.0 Å². The molecule has 1 aliphatic rings. The van der Waals surface area contributed by atoms with Crippen molar-refractivity contribution in [3.63, 3.8) is 0 Å². The molecule has 0 aromatic carbocycles. The lowest BCUT2D eigenvalue weighted by molar-refractivity contribution is -0.137. The zero-order valence-electron chi connectivity index (χ0n) is 12.5. The molecule has 0 N–H and O–H groups in total. The van der Waals surface area contributed by atoms with E-state index in [1.54, 1.807) is 21.7 Å². The number of aryl methyl sites for hydroxylation is 1. The van der Waals surface area contributed by atoms with E-state index in [-0.39, 0.29) is 11.5 Å². The van der Waals surface area contributed by atoms with Gasteiger partial charge in [-0.1, -0.05) is 0 Å². The van der Waals surface area contributed by atoms with E-state index < -0.39 is 11.7 Å². The lowest BCUT2D eigenvalue weighted by Crippen LogP contribution is -2.46. The Balaban J connectivity index is 1.70. The Hall–Kier alpha value is -1.74. The lowest BCUT2D eigenvalue weighted by atomic mass is 10.2. The highest BCUT2D eigenvalue weighted by Gasteiger charge is 2.37. The first-order chi connectivity index (χ1) is 10.9. The molecule has 1 aliphatic heterocycles. The first-order valence-corrected chi connectivity index (χ1v) is 8.07. The number of hydrogen-bond acceptors (Lipinski definition) is 6. The Morgan fingerprint density at radius 3 is 2.52 bits per heavy atom. The molecule has 124 valence electrons. The lowest BCUT2D eigenvalue weighted by Gasteiger charge is -2.35. The molecule has 3 heterocycles. The summed E-state index contributed by atoms with van der Waals surface area (Å²) < 4.78 is 39.6. The monoisotopic (exact) mass is 343 g/mol. The second-order valence-electron chi connectivity index (χ2n) is 5.45. The molecule has 1 saturated heterocycles. The van der Waals surface area contributed by atoms with Crippen molar-refractivity contribution >= 4 is 17.2 Å². The molecule has 0 spiro atoms. The van der Waals surface area contributed by atoms with Crippen molar-refractivity contribution in [3.8, 4) is 0 Å². The molecule has 2 aromatic heterocycles. The Morgan fingerprint density at radius 1 is 1.17 bits per heavy atom. The number of anilines is 1. The number of halogens is 3. The molecule has 9 heteroatoms. The van der Waals surface area contributed by atoms with Crippen LogP contribution in [0, 0.1) is 6.92 Å². The summed E-state index contributed by atoms with van der Waals surface area (Å²) in [6, 6.07) is 1.06. The van der Waals surface area contributed by atoms with E-state index in [9.17, 15) is 13.2 Å². The zero-order valence-corrected chi connectivity index (χ0v) is 13.4. The standard InChI is InChI=1S/C14H16F3N5S/c1-10-6-12(14(15,16)17)13(20-19-10)22-4-2-21(3-5-22)8-11-7-18-9-23-11/h6-7,9H,2-5,8H2,1H3. The molecule has 0 bridgehead atoms. The minimum atomic E-state index is -4.42. The van der Waals surface area contributed by atoms with Crippen LogP contribution in [-0.4, -0.2) is 46.3 Å². The van der Waals surface area contributed by atoms with E-state index in [1.165, 1.54) is 6.92 Å². The van der Waals surface area contributed by atoms with Gasteiger partial charge in [0.05, 0.1) is 11.2 Å². The van der Waals surface area contributed by atoms with Crippen molar-refractivity contribution < 1.29 is 13.2 Å². The summed E-state index contributed by atoms with van der Waals surface area (Å²) in [5, 5.41) is 7.60. The molecule has 0 saturated carbocycles. The number of thiazole rings is 1. The molecule has 0 atom stereocenters. The minimum absolute atomic E-state index is 0.0689. The van der Waals surface area contributed by atoms with Gasteiger partial charge in [0.2, 0.25) is 0 Å². The summed E-state index contributed by atoms with van der Waals surface area (Å²) >= 11 is 1.58. The fourth-order valence-electron chi connectivity index (χ4n) is 2.58. The van der Waals surface area contributed by atoms with Gasteiger partial charge in [0.25, 0.3) is 0 Å². The van der Waals surface area contributed by atoms with Crippen molar-refractivity contribution in [1.29, 1.82) is 0 Å². The van der Waals surface area contributed by atoms with Gasteiger partial charge in [-0.15, -0.1) is 16.4 Å². The Morgan fingerprint density at radius 2 is 1.91 bits per heavy atom. The average Bonchev–Trinajstić information content (AvgIpc) is 3.00. The summed E-state index contributed by atoms with van der Waals surface area (Å²) in [6.45, 7) is 4.66. The quantitative estimate of drug-likeness (QED) is 0.857. The van der Waals surface area contributed by atoms with Crippen LogP contribution < -0.4 is 4.90 Å². The van der Waals surface area contributed by atoms with Crippen LogP contribution in [0.25, 0.3) is 0 Å². The van der Waals surface area contributed by atoms with Gasteiger partial charge < -0.3 is 4.90 Å². The molecule has 0 unspecified atom stereocenters. The maximum atomic E-state index is 13.2. The number of alkyl halides is 3. The SMILES string of the molecule is Cc1cc(C(F)(F)F)c(N2CCN(Cc3cncs3)CC2)nn1. The van der Waals surface area contributed by atoms with Crippen molar-refractivity contribution in [2.24, 2.45) is 0 Å². The Bertz CT molecular complexity index is 651. The number of aromatic nitrogens is 3. The van der Waals surface area contributed by atoms with Crippen molar-refractivity contribution in [1.82, 2.24) is 20.1 Å². The van der Waals surface area contributed by atoms with E-state index in [4.69, 9.17) is 0 Å². The summed E-state index contributed by atoms with van der Waals surface area (Å²) in [5.74, 6) is -0.0689. The van der Waals surface area contributed by atoms with Crippen LogP contribution in [0.4, 0.5) is 19.0 Å². The summed E-state index contributed by atoms with van der Waals surface area (Å²) in [4.78, 5) is 9.06. The largest absolute Gasteiger partial charge is 0.420 e. The Kier molecular flexibility index (Phi) is 4.49. The van der Waals surface area contributed by atoms with E-state index in [0.29, 0.717) is 26.2 Å². The molecular weight excluding hydrogens is 327 g/mol. The van der Waals surface area contributed by atoms with Crippen LogP contribution in [0.2, 0.25) is 0 Å². The summed E-state index contributed by atoms with van der Waals surface area (Å²) in [5.41, 5.74) is 1.34. The van der Waals surface area contributed by atoms with Gasteiger partial charge in [0, 0.05) is 43.8 Å². The van der Waals surface area contributed by atoms with Crippen LogP contribution >= 0.6 is 11.3 Å². The van der Waals surface area contributed by atoms with Gasteiger partial charge in [-0.25, -0.2) is 0 Å². The van der Waals surface area contributed by atoms with Crippen LogP contribution in [0.1, 0.15) is 16.1 Å². The second kappa shape index (κ2) is 6.40. The van der Waals surface area contributed by atoms with Gasteiger partial charge in [-0.3, -0.25) is 9.88 Å². The fraction of sp³-hybridized carbons (Fsp3) is 0.500. The van der Waals surface area contributed by atoms with E-state index in [0.717, 1.165) is 17.5 Å². The predicted octanol–water partition coefficient (Wildman–Crippen LogP) is 2.58. The van der Waals surface area contributed by atoms with E-state index >= 15 is 0 Å². The number of piperazine rings is 1. The van der Waals surface area contributed by atoms with Crippen molar-refractivity contribution in [3.05, 3.63) is 33.9 Å². The number of hydrogen-bond donors (Lipinski definition) is 0. The molecule has 0 radical (unpaired) electrons. The molecule has 0 aliphatic carbocycles. The molecule has 3 rings (SSSR count). The number of nitrogens with zero attached hydrogens (tertiary/aromatic N) is 5. The highest BCUT2D eigenvalue weighted by Crippen LogP contribution is 2.35. The second-order valence-corrected chi connectivity index (χ2v) is 6.42. The maximum Gasteiger partial charge on any atom is 0.420 e. The summed E-state index contributed by atoms with van der Waals surface area (Å²) in [6.07, 6.45) is -2.60. The molecule has 0 amide bonds. The highest BCUT2D eigenvalue weighted by molar-refractivity contribution is 7.09. The third-order valence-electron chi connectivity index (χ3n) is 3.74. The zero-order chi connectivity index (χ0) is 16.4. The van der Waals surface area contributed by atoms with Gasteiger partial charge >= 0.3 is 6.18 Å². The molecule has 1 fully saturated rings. The number of rotatable bonds is 3.